The Hall–Kier alpha value is -4.35. The maximum atomic E-state index is 15.2. The van der Waals surface area contributed by atoms with E-state index in [2.05, 4.69) is 4.98 Å². The lowest BCUT2D eigenvalue weighted by Crippen LogP contribution is -2.57. The van der Waals surface area contributed by atoms with Crippen LogP contribution < -0.4 is 15.3 Å². The first kappa shape index (κ1) is 31.1. The quantitative estimate of drug-likeness (QED) is 0.318. The van der Waals surface area contributed by atoms with Crippen LogP contribution in [0.3, 0.4) is 0 Å². The first-order valence-corrected chi connectivity index (χ1v) is 14.5. The van der Waals surface area contributed by atoms with E-state index in [4.69, 9.17) is 21.1 Å². The second-order valence-corrected chi connectivity index (χ2v) is 12.0. The molecule has 3 heterocycles. The molecule has 0 bridgehead atoms. The number of carbonyl (C=O) groups excluding carboxylic acids is 1. The van der Waals surface area contributed by atoms with Crippen LogP contribution in [0.1, 0.15) is 20.8 Å². The van der Waals surface area contributed by atoms with E-state index in [0.29, 0.717) is 64.2 Å². The van der Waals surface area contributed by atoms with E-state index in [-0.39, 0.29) is 12.3 Å². The molecule has 1 aliphatic heterocycles. The number of anilines is 1. The summed E-state index contributed by atoms with van der Waals surface area (Å²) in [6.45, 7) is 6.30. The molecule has 2 aromatic carbocycles. The number of hydrogen-bond donors (Lipinski definition) is 1. The van der Waals surface area contributed by atoms with Crippen LogP contribution >= 0.6 is 11.6 Å². The highest BCUT2D eigenvalue weighted by Crippen LogP contribution is 2.41. The number of ether oxygens (including phenoxy) is 2. The summed E-state index contributed by atoms with van der Waals surface area (Å²) in [7, 11) is 3.17. The molecule has 1 atom stereocenters. The zero-order valence-corrected chi connectivity index (χ0v) is 26.0. The van der Waals surface area contributed by atoms with Gasteiger partial charge in [0.1, 0.15) is 23.0 Å². The Morgan fingerprint density at radius 3 is 2.39 bits per heavy atom. The number of piperazine rings is 1. The molecule has 10 nitrogen and oxygen atoms in total. The van der Waals surface area contributed by atoms with Crippen molar-refractivity contribution >= 4 is 23.5 Å². The van der Waals surface area contributed by atoms with Crippen molar-refractivity contribution in [3.8, 4) is 33.7 Å². The van der Waals surface area contributed by atoms with Crippen molar-refractivity contribution in [2.24, 2.45) is 7.05 Å². The number of carbonyl (C=O) groups is 1. The molecule has 44 heavy (non-hydrogen) atoms. The maximum absolute atomic E-state index is 15.2. The van der Waals surface area contributed by atoms with Gasteiger partial charge in [-0.2, -0.15) is 0 Å². The van der Waals surface area contributed by atoms with Gasteiger partial charge in [-0.05, 0) is 68.3 Å². The third-order valence-electron chi connectivity index (χ3n) is 7.43. The van der Waals surface area contributed by atoms with Crippen molar-refractivity contribution in [3.63, 3.8) is 0 Å². The molecule has 1 saturated heterocycles. The lowest BCUT2D eigenvalue weighted by atomic mass is 9.97. The normalized spacial score (nSPS) is 15.4. The minimum Gasteiger partial charge on any atom is -0.495 e. The van der Waals surface area contributed by atoms with Crippen LogP contribution in [-0.2, 0) is 11.8 Å². The van der Waals surface area contributed by atoms with Crippen molar-refractivity contribution in [1.29, 1.82) is 0 Å². The highest BCUT2D eigenvalue weighted by atomic mass is 35.5. The molecular formula is C32H35ClFN5O5. The van der Waals surface area contributed by atoms with Crippen molar-refractivity contribution in [1.82, 2.24) is 19.0 Å². The Kier molecular flexibility index (Phi) is 8.71. The van der Waals surface area contributed by atoms with Crippen molar-refractivity contribution < 1.29 is 23.8 Å². The van der Waals surface area contributed by atoms with Gasteiger partial charge in [-0.1, -0.05) is 17.7 Å². The van der Waals surface area contributed by atoms with E-state index in [1.807, 2.05) is 11.0 Å². The van der Waals surface area contributed by atoms with Gasteiger partial charge in [0.25, 0.3) is 0 Å². The summed E-state index contributed by atoms with van der Waals surface area (Å²) in [5.74, 6) is 0.575. The number of halogens is 2. The van der Waals surface area contributed by atoms with Crippen LogP contribution in [0.4, 0.5) is 15.0 Å². The number of benzene rings is 2. The van der Waals surface area contributed by atoms with Crippen molar-refractivity contribution in [2.45, 2.75) is 32.4 Å². The van der Waals surface area contributed by atoms with E-state index < -0.39 is 23.6 Å². The number of aryl methyl sites for hydroxylation is 1. The van der Waals surface area contributed by atoms with Gasteiger partial charge in [-0.15, -0.1) is 0 Å². The minimum atomic E-state index is -0.651. The fourth-order valence-corrected chi connectivity index (χ4v) is 5.57. The van der Waals surface area contributed by atoms with Crippen LogP contribution in [0.5, 0.6) is 5.75 Å². The second-order valence-electron chi connectivity index (χ2n) is 11.6. The molecule has 0 radical (unpaired) electrons. The zero-order valence-electron chi connectivity index (χ0n) is 25.3. The van der Waals surface area contributed by atoms with Gasteiger partial charge in [0.05, 0.1) is 30.5 Å². The molecule has 4 aromatic rings. The first-order valence-electron chi connectivity index (χ1n) is 14.1. The molecule has 1 fully saturated rings. The molecule has 0 saturated carbocycles. The van der Waals surface area contributed by atoms with Crippen LogP contribution in [-0.4, -0.2) is 75.2 Å². The Labute approximate surface area is 259 Å². The summed E-state index contributed by atoms with van der Waals surface area (Å²) >= 11 is 6.61. The minimum absolute atomic E-state index is 0.239. The SMILES string of the molecule is COc1c(-c2ccnc(N3CCN(C(=O)OC(C)(C)C)[C@H](CO)C3)c2)cc(F)cc1-c1ccc(-n2ccn(C)c2=O)c(Cl)c1. The van der Waals surface area contributed by atoms with E-state index in [9.17, 15) is 14.7 Å². The summed E-state index contributed by atoms with van der Waals surface area (Å²) in [5, 5.41) is 10.4. The topological polar surface area (TPSA) is 102 Å². The van der Waals surface area contributed by atoms with E-state index in [0.717, 1.165) is 0 Å². The lowest BCUT2D eigenvalue weighted by molar-refractivity contribution is 0.00699. The molecule has 12 heteroatoms. The zero-order chi connectivity index (χ0) is 31.8. The Bertz CT molecular complexity index is 1750. The standard InChI is InChI=1S/C32H35ClFN5O5/c1-32(2,3)44-31(42)38-13-11-37(18-23(38)19-40)28-15-21(8-9-35-28)25-17-22(34)16-24(29(25)43-5)20-6-7-27(26(33)14-20)39-12-10-36(4)30(39)41/h6-10,12,14-17,23,40H,11,13,18-19H2,1-5H3/t23-/m0/s1. The number of aliphatic hydroxyl groups is 1. The smallest absolute Gasteiger partial charge is 0.410 e. The number of pyridine rings is 1. The van der Waals surface area contributed by atoms with Gasteiger partial charge in [0, 0.05) is 56.4 Å². The molecule has 5 rings (SSSR count). The third kappa shape index (κ3) is 6.29. The molecule has 1 aliphatic rings. The number of aliphatic hydroxyl groups excluding tert-OH is 1. The number of amides is 1. The highest BCUT2D eigenvalue weighted by Gasteiger charge is 2.33. The van der Waals surface area contributed by atoms with Crippen LogP contribution in [0.2, 0.25) is 5.02 Å². The highest BCUT2D eigenvalue weighted by molar-refractivity contribution is 6.32. The maximum Gasteiger partial charge on any atom is 0.410 e. The van der Waals surface area contributed by atoms with Crippen molar-refractivity contribution in [2.75, 3.05) is 38.3 Å². The summed E-state index contributed by atoms with van der Waals surface area (Å²) < 4.78 is 29.4. The van der Waals surface area contributed by atoms with Crippen LogP contribution in [0, 0.1) is 5.82 Å². The van der Waals surface area contributed by atoms with Gasteiger partial charge >= 0.3 is 11.8 Å². The summed E-state index contributed by atoms with van der Waals surface area (Å²) in [4.78, 5) is 33.2. The van der Waals surface area contributed by atoms with Gasteiger partial charge in [-0.25, -0.2) is 19.0 Å². The predicted molar refractivity (Wildman–Crippen MR) is 167 cm³/mol. The molecule has 0 spiro atoms. The molecular weight excluding hydrogens is 589 g/mol. The molecule has 1 N–H and O–H groups in total. The van der Waals surface area contributed by atoms with Crippen LogP contribution in [0.15, 0.2) is 65.8 Å². The van der Waals surface area contributed by atoms with Gasteiger partial charge in [0.2, 0.25) is 0 Å². The average molecular weight is 624 g/mol. The van der Waals surface area contributed by atoms with E-state index in [1.54, 1.807) is 70.7 Å². The second kappa shape index (κ2) is 12.3. The number of methoxy groups -OCH3 is 1. The number of aromatic nitrogens is 3. The Morgan fingerprint density at radius 1 is 1.09 bits per heavy atom. The summed E-state index contributed by atoms with van der Waals surface area (Å²) in [6, 6.07) is 11.0. The first-order chi connectivity index (χ1) is 20.9. The third-order valence-corrected chi connectivity index (χ3v) is 7.73. The lowest BCUT2D eigenvalue weighted by Gasteiger charge is -2.41. The average Bonchev–Trinajstić information content (AvgIpc) is 3.32. The van der Waals surface area contributed by atoms with Gasteiger partial charge < -0.3 is 24.0 Å². The number of nitrogens with zero attached hydrogens (tertiary/aromatic N) is 5. The van der Waals surface area contributed by atoms with E-state index in [1.165, 1.54) is 33.3 Å². The van der Waals surface area contributed by atoms with Gasteiger partial charge in [0.15, 0.2) is 0 Å². The molecule has 1 amide bonds. The summed E-state index contributed by atoms with van der Waals surface area (Å²) in [6.07, 6.45) is 4.43. The Morgan fingerprint density at radius 2 is 1.80 bits per heavy atom. The van der Waals surface area contributed by atoms with Gasteiger partial charge in [-0.3, -0.25) is 9.47 Å². The largest absolute Gasteiger partial charge is 0.495 e. The fraction of sp³-hybridized carbons (Fsp3) is 0.344. The fourth-order valence-electron chi connectivity index (χ4n) is 5.30. The van der Waals surface area contributed by atoms with Crippen molar-refractivity contribution in [3.05, 3.63) is 82.4 Å². The number of imidazole rings is 1. The predicted octanol–water partition coefficient (Wildman–Crippen LogP) is 5.12. The number of rotatable bonds is 6. The summed E-state index contributed by atoms with van der Waals surface area (Å²) in [5.41, 5.74) is 1.89. The van der Waals surface area contributed by atoms with E-state index >= 15 is 4.39 Å². The molecule has 232 valence electrons. The van der Waals surface area contributed by atoms with Crippen LogP contribution in [0.25, 0.3) is 27.9 Å². The Balaban J connectivity index is 1.46. The molecule has 2 aromatic heterocycles. The number of hydrogen-bond acceptors (Lipinski definition) is 7. The molecule has 0 aliphatic carbocycles. The monoisotopic (exact) mass is 623 g/mol. The molecule has 0 unspecified atom stereocenters.